The molecule has 0 radical (unpaired) electrons. The minimum absolute atomic E-state index is 0.00452. The van der Waals surface area contributed by atoms with E-state index in [0.717, 1.165) is 12.1 Å². The van der Waals surface area contributed by atoms with Gasteiger partial charge in [-0.15, -0.1) is 0 Å². The first kappa shape index (κ1) is 20.1. The third-order valence-electron chi connectivity index (χ3n) is 2.76. The van der Waals surface area contributed by atoms with E-state index in [0.29, 0.717) is 11.8 Å². The number of carboxylic acids is 1. The monoisotopic (exact) mass is 391 g/mol. The van der Waals surface area contributed by atoms with Crippen LogP contribution in [-0.2, 0) is 21.0 Å². The number of rotatable bonds is 7. The van der Waals surface area contributed by atoms with Crippen molar-refractivity contribution in [2.45, 2.75) is 23.5 Å². The van der Waals surface area contributed by atoms with Gasteiger partial charge >= 0.3 is 12.1 Å². The van der Waals surface area contributed by atoms with Crippen LogP contribution in [0.1, 0.15) is 12.0 Å². The van der Waals surface area contributed by atoms with Gasteiger partial charge in [-0.1, -0.05) is 11.6 Å². The molecule has 130 valence electrons. The molecule has 11 heteroatoms. The molecule has 5 nitrogen and oxygen atoms in total. The lowest BCUT2D eigenvalue weighted by Gasteiger charge is -2.16. The molecule has 0 amide bonds. The lowest BCUT2D eigenvalue weighted by Crippen LogP contribution is -2.41. The Kier molecular flexibility index (Phi) is 6.75. The third-order valence-corrected chi connectivity index (χ3v) is 5.20. The SMILES string of the molecule is CSCCC(NS(=O)(=O)c1ccc(Cl)c(C(F)(F)F)c1)C(=O)O. The smallest absolute Gasteiger partial charge is 0.417 e. The van der Waals surface area contributed by atoms with Gasteiger partial charge in [-0.05, 0) is 36.6 Å². The van der Waals surface area contributed by atoms with E-state index < -0.39 is 43.7 Å². The lowest BCUT2D eigenvalue weighted by atomic mass is 10.2. The largest absolute Gasteiger partial charge is 0.480 e. The molecule has 0 aliphatic rings. The summed E-state index contributed by atoms with van der Waals surface area (Å²) in [7, 11) is -4.43. The standard InChI is InChI=1S/C12H13ClF3NO4S2/c1-22-5-4-10(11(18)19)17-23(20,21)7-2-3-9(13)8(6-7)12(14,15)16/h2-3,6,10,17H,4-5H2,1H3,(H,18,19). The zero-order chi connectivity index (χ0) is 17.8. The number of hydrogen-bond acceptors (Lipinski definition) is 4. The van der Waals surface area contributed by atoms with Crippen molar-refractivity contribution in [1.29, 1.82) is 0 Å². The van der Waals surface area contributed by atoms with Crippen LogP contribution in [0.3, 0.4) is 0 Å². The van der Waals surface area contributed by atoms with Crippen LogP contribution in [0.25, 0.3) is 0 Å². The van der Waals surface area contributed by atoms with E-state index in [1.807, 2.05) is 4.72 Å². The van der Waals surface area contributed by atoms with Crippen LogP contribution < -0.4 is 4.72 Å². The fourth-order valence-corrected chi connectivity index (χ4v) is 3.56. The number of nitrogens with one attached hydrogen (secondary N) is 1. The number of halogens is 4. The van der Waals surface area contributed by atoms with E-state index in [2.05, 4.69) is 0 Å². The molecule has 2 N–H and O–H groups in total. The number of hydrogen-bond donors (Lipinski definition) is 2. The fraction of sp³-hybridized carbons (Fsp3) is 0.417. The minimum atomic E-state index is -4.83. The molecule has 0 fully saturated rings. The van der Waals surface area contributed by atoms with Crippen molar-refractivity contribution in [3.8, 4) is 0 Å². The molecule has 0 saturated heterocycles. The van der Waals surface area contributed by atoms with Gasteiger partial charge in [-0.3, -0.25) is 4.79 Å². The molecule has 0 aliphatic heterocycles. The van der Waals surface area contributed by atoms with Gasteiger partial charge in [-0.25, -0.2) is 8.42 Å². The molecule has 0 aromatic heterocycles. The van der Waals surface area contributed by atoms with Crippen LogP contribution >= 0.6 is 23.4 Å². The maximum atomic E-state index is 12.8. The highest BCUT2D eigenvalue weighted by Gasteiger charge is 2.35. The van der Waals surface area contributed by atoms with Crippen LogP contribution in [0.2, 0.25) is 5.02 Å². The van der Waals surface area contributed by atoms with Gasteiger partial charge in [0.1, 0.15) is 6.04 Å². The number of aliphatic carboxylic acids is 1. The Hall–Kier alpha value is -0.970. The number of benzene rings is 1. The third kappa shape index (κ3) is 5.55. The number of sulfonamides is 1. The van der Waals surface area contributed by atoms with E-state index >= 15 is 0 Å². The Morgan fingerprint density at radius 1 is 1.43 bits per heavy atom. The topological polar surface area (TPSA) is 83.5 Å². The minimum Gasteiger partial charge on any atom is -0.480 e. The van der Waals surface area contributed by atoms with Crippen molar-refractivity contribution in [2.24, 2.45) is 0 Å². The molecule has 1 unspecified atom stereocenters. The van der Waals surface area contributed by atoms with Crippen LogP contribution in [-0.4, -0.2) is 37.5 Å². The van der Waals surface area contributed by atoms with Gasteiger partial charge in [-0.2, -0.15) is 29.7 Å². The number of carbonyl (C=O) groups is 1. The molecule has 1 aromatic rings. The van der Waals surface area contributed by atoms with Crippen molar-refractivity contribution in [2.75, 3.05) is 12.0 Å². The molecule has 1 atom stereocenters. The zero-order valence-corrected chi connectivity index (χ0v) is 14.1. The summed E-state index contributed by atoms with van der Waals surface area (Å²) in [5.41, 5.74) is -1.31. The predicted octanol–water partition coefficient (Wildman–Crippen LogP) is 2.84. The molecule has 1 rings (SSSR count). The molecule has 0 aliphatic carbocycles. The summed E-state index contributed by atoms with van der Waals surface area (Å²) >= 11 is 6.74. The molecular weight excluding hydrogens is 379 g/mol. The Morgan fingerprint density at radius 2 is 2.04 bits per heavy atom. The molecule has 0 bridgehead atoms. The van der Waals surface area contributed by atoms with Crippen LogP contribution in [0, 0.1) is 0 Å². The molecule has 0 saturated carbocycles. The Morgan fingerprint density at radius 3 is 2.52 bits per heavy atom. The van der Waals surface area contributed by atoms with Crippen molar-refractivity contribution >= 4 is 39.4 Å². The first-order valence-electron chi connectivity index (χ1n) is 6.10. The number of carboxylic acid groups (broad SMARTS) is 1. The maximum Gasteiger partial charge on any atom is 0.417 e. The summed E-state index contributed by atoms with van der Waals surface area (Å²) in [6.07, 6.45) is -3.12. The number of thioether (sulfide) groups is 1. The van der Waals surface area contributed by atoms with E-state index in [1.165, 1.54) is 11.8 Å². The second-order valence-corrected chi connectivity index (χ2v) is 7.54. The van der Waals surface area contributed by atoms with E-state index in [9.17, 15) is 26.4 Å². The normalized spacial score (nSPS) is 13.8. The highest BCUT2D eigenvalue weighted by Crippen LogP contribution is 2.35. The Labute approximate surface area is 140 Å². The highest BCUT2D eigenvalue weighted by molar-refractivity contribution is 7.98. The van der Waals surface area contributed by atoms with Crippen LogP contribution in [0.4, 0.5) is 13.2 Å². The van der Waals surface area contributed by atoms with Crippen molar-refractivity contribution < 1.29 is 31.5 Å². The highest BCUT2D eigenvalue weighted by atomic mass is 35.5. The summed E-state index contributed by atoms with van der Waals surface area (Å²) in [5.74, 6) is -1.04. The molecule has 0 spiro atoms. The van der Waals surface area contributed by atoms with Crippen molar-refractivity contribution in [3.63, 3.8) is 0 Å². The zero-order valence-electron chi connectivity index (χ0n) is 11.7. The first-order chi connectivity index (χ1) is 10.5. The maximum absolute atomic E-state index is 12.8. The van der Waals surface area contributed by atoms with Gasteiger partial charge in [0.25, 0.3) is 0 Å². The second-order valence-electron chi connectivity index (χ2n) is 4.43. The van der Waals surface area contributed by atoms with Gasteiger partial charge in [0, 0.05) is 0 Å². The van der Waals surface area contributed by atoms with Gasteiger partial charge in [0.05, 0.1) is 15.5 Å². The second kappa shape index (κ2) is 7.73. The molecule has 1 aromatic carbocycles. The summed E-state index contributed by atoms with van der Waals surface area (Å²) < 4.78 is 64.4. The van der Waals surface area contributed by atoms with Crippen molar-refractivity contribution in [1.82, 2.24) is 4.72 Å². The van der Waals surface area contributed by atoms with E-state index in [4.69, 9.17) is 16.7 Å². The quantitative estimate of drug-likeness (QED) is 0.746. The average molecular weight is 392 g/mol. The molecule has 0 heterocycles. The predicted molar refractivity (Wildman–Crippen MR) is 81.2 cm³/mol. The lowest BCUT2D eigenvalue weighted by molar-refractivity contribution is -0.139. The summed E-state index contributed by atoms with van der Waals surface area (Å²) in [4.78, 5) is 10.4. The summed E-state index contributed by atoms with van der Waals surface area (Å²) in [5, 5.41) is 8.36. The van der Waals surface area contributed by atoms with Crippen LogP contribution in [0.15, 0.2) is 23.1 Å². The van der Waals surface area contributed by atoms with Gasteiger partial charge < -0.3 is 5.11 Å². The molecular formula is C12H13ClF3NO4S2. The number of alkyl halides is 3. The van der Waals surface area contributed by atoms with E-state index in [-0.39, 0.29) is 6.42 Å². The van der Waals surface area contributed by atoms with Gasteiger partial charge in [0.15, 0.2) is 0 Å². The van der Waals surface area contributed by atoms with Crippen LogP contribution in [0.5, 0.6) is 0 Å². The molecule has 23 heavy (non-hydrogen) atoms. The first-order valence-corrected chi connectivity index (χ1v) is 9.35. The van der Waals surface area contributed by atoms with Gasteiger partial charge in [0.2, 0.25) is 10.0 Å². The average Bonchev–Trinajstić information content (AvgIpc) is 2.42. The van der Waals surface area contributed by atoms with Crippen molar-refractivity contribution in [3.05, 3.63) is 28.8 Å². The van der Waals surface area contributed by atoms with E-state index in [1.54, 1.807) is 6.26 Å². The Bertz CT molecular complexity index is 679. The Balaban J connectivity index is 3.15. The fourth-order valence-electron chi connectivity index (χ4n) is 1.61. The summed E-state index contributed by atoms with van der Waals surface area (Å²) in [6, 6.07) is 0.625. The summed E-state index contributed by atoms with van der Waals surface area (Å²) in [6.45, 7) is 0.